The highest BCUT2D eigenvalue weighted by atomic mass is 16.5. The third-order valence-corrected chi connectivity index (χ3v) is 5.38. The van der Waals surface area contributed by atoms with Crippen molar-refractivity contribution in [2.75, 3.05) is 26.7 Å². The first-order chi connectivity index (χ1) is 10.1. The number of nitrogens with zero attached hydrogens (tertiary/aromatic N) is 1. The van der Waals surface area contributed by atoms with E-state index in [2.05, 4.69) is 24.1 Å². The van der Waals surface area contributed by atoms with Gasteiger partial charge in [0.05, 0.1) is 7.11 Å². The lowest BCUT2D eigenvalue weighted by Gasteiger charge is -2.43. The molecule has 1 saturated heterocycles. The van der Waals surface area contributed by atoms with Crippen molar-refractivity contribution in [1.82, 2.24) is 10.2 Å². The summed E-state index contributed by atoms with van der Waals surface area (Å²) in [6, 6.07) is 0.530. The number of carbonyl (C=O) groups excluding carboxylic acids is 1. The summed E-state index contributed by atoms with van der Waals surface area (Å²) >= 11 is 0. The van der Waals surface area contributed by atoms with Crippen LogP contribution in [0, 0.1) is 5.92 Å². The van der Waals surface area contributed by atoms with E-state index in [0.29, 0.717) is 6.04 Å². The molecule has 2 fully saturated rings. The van der Waals surface area contributed by atoms with Gasteiger partial charge in [-0.3, -0.25) is 4.79 Å². The maximum absolute atomic E-state index is 12.3. The lowest BCUT2D eigenvalue weighted by Crippen LogP contribution is -2.58. The van der Waals surface area contributed by atoms with Gasteiger partial charge in [0.1, 0.15) is 5.54 Å². The third-order valence-electron chi connectivity index (χ3n) is 5.38. The number of methoxy groups -OCH3 is 1. The molecule has 1 heterocycles. The van der Waals surface area contributed by atoms with E-state index in [1.807, 2.05) is 0 Å². The van der Waals surface area contributed by atoms with Gasteiger partial charge in [0.25, 0.3) is 0 Å². The summed E-state index contributed by atoms with van der Waals surface area (Å²) in [4.78, 5) is 15.0. The quantitative estimate of drug-likeness (QED) is 0.810. The highest BCUT2D eigenvalue weighted by Crippen LogP contribution is 2.33. The van der Waals surface area contributed by atoms with Crippen LogP contribution in [0.4, 0.5) is 0 Å². The van der Waals surface area contributed by atoms with E-state index in [1.54, 1.807) is 0 Å². The van der Waals surface area contributed by atoms with Crippen LogP contribution in [-0.4, -0.2) is 49.2 Å². The average Bonchev–Trinajstić information content (AvgIpc) is 2.71. The predicted octanol–water partition coefficient (Wildman–Crippen LogP) is 2.57. The van der Waals surface area contributed by atoms with Crippen molar-refractivity contribution in [3.63, 3.8) is 0 Å². The van der Waals surface area contributed by atoms with Crippen LogP contribution < -0.4 is 5.32 Å². The minimum atomic E-state index is -0.454. The molecule has 3 atom stereocenters. The standard InChI is InChI=1S/C17H32N2O2/c1-4-18-17(16(20)21-3)10-5-8-15(13-17)19-11-6-7-14(2)9-12-19/h14-15,18H,4-13H2,1-3H3. The molecule has 1 N–H and O–H groups in total. The predicted molar refractivity (Wildman–Crippen MR) is 85.3 cm³/mol. The minimum absolute atomic E-state index is 0.0720. The van der Waals surface area contributed by atoms with Gasteiger partial charge in [0.15, 0.2) is 0 Å². The van der Waals surface area contributed by atoms with Gasteiger partial charge >= 0.3 is 5.97 Å². The van der Waals surface area contributed by atoms with Gasteiger partial charge in [-0.2, -0.15) is 0 Å². The molecule has 4 heteroatoms. The van der Waals surface area contributed by atoms with E-state index in [9.17, 15) is 4.79 Å². The van der Waals surface area contributed by atoms with Gasteiger partial charge in [0, 0.05) is 6.04 Å². The fourth-order valence-electron chi connectivity index (χ4n) is 4.16. The van der Waals surface area contributed by atoms with Crippen LogP contribution in [0.5, 0.6) is 0 Å². The van der Waals surface area contributed by atoms with Crippen molar-refractivity contribution in [1.29, 1.82) is 0 Å². The first kappa shape index (κ1) is 16.8. The maximum Gasteiger partial charge on any atom is 0.326 e. The Morgan fingerprint density at radius 1 is 1.29 bits per heavy atom. The largest absolute Gasteiger partial charge is 0.468 e. The Morgan fingerprint density at radius 2 is 2.10 bits per heavy atom. The highest BCUT2D eigenvalue weighted by Gasteiger charge is 2.44. The van der Waals surface area contributed by atoms with Gasteiger partial charge in [-0.1, -0.05) is 13.8 Å². The lowest BCUT2D eigenvalue weighted by molar-refractivity contribution is -0.151. The molecule has 0 aromatic carbocycles. The van der Waals surface area contributed by atoms with Gasteiger partial charge in [0.2, 0.25) is 0 Å². The van der Waals surface area contributed by atoms with Crippen molar-refractivity contribution < 1.29 is 9.53 Å². The zero-order chi connectivity index (χ0) is 15.3. The fraction of sp³-hybridized carbons (Fsp3) is 0.941. The summed E-state index contributed by atoms with van der Waals surface area (Å²) in [5.74, 6) is 0.773. The number of likely N-dealkylation sites (tertiary alicyclic amines) is 1. The number of nitrogens with one attached hydrogen (secondary N) is 1. The van der Waals surface area contributed by atoms with E-state index in [1.165, 1.54) is 45.9 Å². The number of hydrogen-bond acceptors (Lipinski definition) is 4. The number of likely N-dealkylation sites (N-methyl/N-ethyl adjacent to an activating group) is 1. The van der Waals surface area contributed by atoms with Crippen LogP contribution in [0.15, 0.2) is 0 Å². The van der Waals surface area contributed by atoms with Crippen molar-refractivity contribution in [2.45, 2.75) is 70.4 Å². The molecule has 0 aromatic rings. The Labute approximate surface area is 129 Å². The Hall–Kier alpha value is -0.610. The van der Waals surface area contributed by atoms with Crippen LogP contribution in [0.2, 0.25) is 0 Å². The second kappa shape index (κ2) is 7.59. The van der Waals surface area contributed by atoms with Gasteiger partial charge in [-0.25, -0.2) is 0 Å². The smallest absolute Gasteiger partial charge is 0.326 e. The molecule has 3 unspecified atom stereocenters. The Kier molecular flexibility index (Phi) is 6.06. The first-order valence-corrected chi connectivity index (χ1v) is 8.69. The van der Waals surface area contributed by atoms with E-state index in [0.717, 1.165) is 31.7 Å². The Morgan fingerprint density at radius 3 is 2.81 bits per heavy atom. The summed E-state index contributed by atoms with van der Waals surface area (Å²) in [6.07, 6.45) is 8.08. The molecule has 1 aliphatic carbocycles. The SMILES string of the molecule is CCNC1(C(=O)OC)CCCC(N2CCCC(C)CC2)C1. The highest BCUT2D eigenvalue weighted by molar-refractivity contribution is 5.81. The molecule has 1 aliphatic heterocycles. The maximum atomic E-state index is 12.3. The van der Waals surface area contributed by atoms with Gasteiger partial charge in [-0.05, 0) is 70.5 Å². The molecule has 2 aliphatic rings. The second-order valence-corrected chi connectivity index (χ2v) is 6.93. The van der Waals surface area contributed by atoms with Crippen LogP contribution in [0.1, 0.15) is 58.8 Å². The van der Waals surface area contributed by atoms with Gasteiger partial charge in [-0.15, -0.1) is 0 Å². The summed E-state index contributed by atoms with van der Waals surface area (Å²) in [6.45, 7) is 7.64. The van der Waals surface area contributed by atoms with Crippen molar-refractivity contribution in [2.24, 2.45) is 5.92 Å². The van der Waals surface area contributed by atoms with E-state index >= 15 is 0 Å². The fourth-order valence-corrected chi connectivity index (χ4v) is 4.16. The summed E-state index contributed by atoms with van der Waals surface area (Å²) < 4.78 is 5.10. The molecule has 1 saturated carbocycles. The molecule has 0 aromatic heterocycles. The Bertz CT molecular complexity index is 344. The van der Waals surface area contributed by atoms with Crippen LogP contribution in [0.25, 0.3) is 0 Å². The number of hydrogen-bond donors (Lipinski definition) is 1. The lowest BCUT2D eigenvalue weighted by atomic mass is 9.78. The van der Waals surface area contributed by atoms with Crippen molar-refractivity contribution in [3.8, 4) is 0 Å². The normalized spacial score (nSPS) is 35.2. The van der Waals surface area contributed by atoms with Crippen LogP contribution in [-0.2, 0) is 9.53 Å². The molecule has 4 nitrogen and oxygen atoms in total. The molecule has 0 amide bonds. The molecular formula is C17H32N2O2. The molecule has 0 radical (unpaired) electrons. The average molecular weight is 296 g/mol. The van der Waals surface area contributed by atoms with Crippen molar-refractivity contribution >= 4 is 5.97 Å². The first-order valence-electron chi connectivity index (χ1n) is 8.69. The zero-order valence-electron chi connectivity index (χ0n) is 14.0. The third kappa shape index (κ3) is 3.98. The minimum Gasteiger partial charge on any atom is -0.468 e. The molecule has 21 heavy (non-hydrogen) atoms. The topological polar surface area (TPSA) is 41.6 Å². The molecule has 0 bridgehead atoms. The Balaban J connectivity index is 2.05. The number of esters is 1. The monoisotopic (exact) mass is 296 g/mol. The molecule has 0 spiro atoms. The number of rotatable bonds is 4. The van der Waals surface area contributed by atoms with E-state index in [4.69, 9.17) is 4.74 Å². The van der Waals surface area contributed by atoms with Crippen LogP contribution in [0.3, 0.4) is 0 Å². The van der Waals surface area contributed by atoms with E-state index < -0.39 is 5.54 Å². The summed E-state index contributed by atoms with van der Waals surface area (Å²) in [7, 11) is 1.51. The molecular weight excluding hydrogens is 264 g/mol. The second-order valence-electron chi connectivity index (χ2n) is 6.93. The number of carbonyl (C=O) groups is 1. The van der Waals surface area contributed by atoms with E-state index in [-0.39, 0.29) is 5.97 Å². The van der Waals surface area contributed by atoms with Crippen LogP contribution >= 0.6 is 0 Å². The van der Waals surface area contributed by atoms with Crippen molar-refractivity contribution in [3.05, 3.63) is 0 Å². The summed E-state index contributed by atoms with van der Waals surface area (Å²) in [5.41, 5.74) is -0.454. The summed E-state index contributed by atoms with van der Waals surface area (Å²) in [5, 5.41) is 3.44. The van der Waals surface area contributed by atoms with Gasteiger partial charge < -0.3 is 15.0 Å². The zero-order valence-corrected chi connectivity index (χ0v) is 14.0. The number of ether oxygens (including phenoxy) is 1. The molecule has 122 valence electrons. The molecule has 2 rings (SSSR count).